The first-order chi connectivity index (χ1) is 12.4. The highest BCUT2D eigenvalue weighted by Crippen LogP contribution is 2.31. The van der Waals surface area contributed by atoms with E-state index in [9.17, 15) is 28.4 Å². The van der Waals surface area contributed by atoms with E-state index >= 15 is 0 Å². The highest BCUT2D eigenvalue weighted by molar-refractivity contribution is 6.09. The van der Waals surface area contributed by atoms with Gasteiger partial charge in [-0.3, -0.25) is 14.5 Å². The van der Waals surface area contributed by atoms with E-state index in [-0.39, 0.29) is 11.5 Å². The molecule has 1 aliphatic heterocycles. The summed E-state index contributed by atoms with van der Waals surface area (Å²) in [5.41, 5.74) is -3.37. The Bertz CT molecular complexity index is 851. The van der Waals surface area contributed by atoms with E-state index in [2.05, 4.69) is 10.6 Å². The van der Waals surface area contributed by atoms with Crippen molar-refractivity contribution in [3.8, 4) is 6.07 Å². The molecular formula is C18H20F2N4O3. The van der Waals surface area contributed by atoms with Crippen LogP contribution in [0.5, 0.6) is 0 Å². The molecular weight excluding hydrogens is 358 g/mol. The lowest BCUT2D eigenvalue weighted by Gasteiger charge is -2.28. The summed E-state index contributed by atoms with van der Waals surface area (Å²) in [6.07, 6.45) is 0. The van der Waals surface area contributed by atoms with Crippen molar-refractivity contribution >= 4 is 17.8 Å². The Morgan fingerprint density at radius 3 is 2.59 bits per heavy atom. The summed E-state index contributed by atoms with van der Waals surface area (Å²) in [6.45, 7) is 5.58. The number of rotatable bonds is 5. The van der Waals surface area contributed by atoms with Gasteiger partial charge in [-0.05, 0) is 38.0 Å². The van der Waals surface area contributed by atoms with Crippen LogP contribution in [-0.2, 0) is 15.1 Å². The number of carbonyl (C=O) groups is 3. The molecule has 2 atom stereocenters. The van der Waals surface area contributed by atoms with Crippen molar-refractivity contribution < 1.29 is 23.2 Å². The monoisotopic (exact) mass is 378 g/mol. The van der Waals surface area contributed by atoms with Crippen LogP contribution in [0.2, 0.25) is 0 Å². The molecule has 0 unspecified atom stereocenters. The zero-order valence-corrected chi connectivity index (χ0v) is 15.4. The number of nitrogens with zero attached hydrogens (tertiary/aromatic N) is 2. The predicted molar refractivity (Wildman–Crippen MR) is 91.0 cm³/mol. The third kappa shape index (κ3) is 3.60. The minimum absolute atomic E-state index is 0.221. The average Bonchev–Trinajstić information content (AvgIpc) is 2.80. The molecule has 27 heavy (non-hydrogen) atoms. The molecule has 1 saturated heterocycles. The number of nitriles is 1. The van der Waals surface area contributed by atoms with Crippen molar-refractivity contribution in [3.05, 3.63) is 35.4 Å². The lowest BCUT2D eigenvalue weighted by Crippen LogP contribution is -2.52. The molecule has 1 aromatic rings. The lowest BCUT2D eigenvalue weighted by molar-refractivity contribution is -0.135. The molecule has 1 heterocycles. The van der Waals surface area contributed by atoms with Crippen molar-refractivity contribution in [2.45, 2.75) is 38.8 Å². The van der Waals surface area contributed by atoms with Gasteiger partial charge >= 0.3 is 6.03 Å². The van der Waals surface area contributed by atoms with Gasteiger partial charge < -0.3 is 10.6 Å². The number of hydrogen-bond acceptors (Lipinski definition) is 4. The van der Waals surface area contributed by atoms with Crippen molar-refractivity contribution in [3.63, 3.8) is 0 Å². The number of halogens is 2. The molecule has 7 nitrogen and oxygen atoms in total. The van der Waals surface area contributed by atoms with Crippen LogP contribution in [0.1, 0.15) is 33.3 Å². The van der Waals surface area contributed by atoms with Gasteiger partial charge in [0.05, 0.1) is 6.07 Å². The van der Waals surface area contributed by atoms with Gasteiger partial charge in [-0.15, -0.1) is 0 Å². The number of nitrogens with one attached hydrogen (secondary N) is 2. The fourth-order valence-electron chi connectivity index (χ4n) is 2.68. The predicted octanol–water partition coefficient (Wildman–Crippen LogP) is 1.79. The highest BCUT2D eigenvalue weighted by Gasteiger charge is 2.51. The summed E-state index contributed by atoms with van der Waals surface area (Å²) in [6, 6.07) is 3.64. The zero-order chi connectivity index (χ0) is 20.6. The molecule has 2 N–H and O–H groups in total. The number of benzene rings is 1. The van der Waals surface area contributed by atoms with Crippen LogP contribution >= 0.6 is 0 Å². The van der Waals surface area contributed by atoms with Crippen LogP contribution < -0.4 is 10.6 Å². The summed E-state index contributed by atoms with van der Waals surface area (Å²) in [5, 5.41) is 14.1. The molecule has 0 spiro atoms. The van der Waals surface area contributed by atoms with Gasteiger partial charge in [0, 0.05) is 5.56 Å². The van der Waals surface area contributed by atoms with E-state index in [1.54, 1.807) is 13.8 Å². The minimum Gasteiger partial charge on any atom is -0.336 e. The Hall–Kier alpha value is -3.02. The van der Waals surface area contributed by atoms with Crippen molar-refractivity contribution in [2.24, 2.45) is 5.92 Å². The number of amides is 4. The smallest absolute Gasteiger partial charge is 0.325 e. The van der Waals surface area contributed by atoms with Gasteiger partial charge in [-0.1, -0.05) is 13.8 Å². The maximum absolute atomic E-state index is 14.1. The molecule has 2 rings (SSSR count). The van der Waals surface area contributed by atoms with Crippen molar-refractivity contribution in [2.75, 3.05) is 6.54 Å². The van der Waals surface area contributed by atoms with Gasteiger partial charge in [0.25, 0.3) is 5.91 Å². The summed E-state index contributed by atoms with van der Waals surface area (Å²) >= 11 is 0. The lowest BCUT2D eigenvalue weighted by atomic mass is 9.90. The third-order valence-electron chi connectivity index (χ3n) is 4.83. The summed E-state index contributed by atoms with van der Waals surface area (Å²) in [7, 11) is 0. The molecule has 144 valence electrons. The number of carbonyl (C=O) groups excluding carboxylic acids is 3. The van der Waals surface area contributed by atoms with Crippen LogP contribution in [0.3, 0.4) is 0 Å². The fraction of sp³-hybridized carbons (Fsp3) is 0.444. The van der Waals surface area contributed by atoms with Gasteiger partial charge in [-0.2, -0.15) is 5.26 Å². The molecule has 0 bridgehead atoms. The largest absolute Gasteiger partial charge is 0.336 e. The maximum Gasteiger partial charge on any atom is 0.325 e. The molecule has 0 radical (unpaired) electrons. The van der Waals surface area contributed by atoms with Crippen molar-refractivity contribution in [1.29, 1.82) is 5.26 Å². The number of urea groups is 1. The number of hydrogen-bond donors (Lipinski definition) is 2. The second kappa shape index (κ2) is 6.95. The normalized spacial score (nSPS) is 21.6. The second-order valence-corrected chi connectivity index (χ2v) is 7.09. The van der Waals surface area contributed by atoms with Crippen LogP contribution in [0, 0.1) is 28.9 Å². The van der Waals surface area contributed by atoms with Gasteiger partial charge in [0.1, 0.15) is 29.3 Å². The molecule has 0 aliphatic carbocycles. The SMILES string of the molecule is CC(C)[C@@](C)(C#N)NC(=O)CN1C(=O)N[C@](C)(c2cc(F)ccc2F)C1=O. The summed E-state index contributed by atoms with van der Waals surface area (Å²) < 4.78 is 27.6. The minimum atomic E-state index is -1.85. The molecule has 1 aliphatic rings. The quantitative estimate of drug-likeness (QED) is 0.763. The summed E-state index contributed by atoms with van der Waals surface area (Å²) in [4.78, 5) is 37.8. The van der Waals surface area contributed by atoms with Gasteiger partial charge in [0.15, 0.2) is 0 Å². The topological polar surface area (TPSA) is 102 Å². The maximum atomic E-state index is 14.1. The van der Waals surface area contributed by atoms with Crippen LogP contribution in [0.4, 0.5) is 13.6 Å². The Labute approximate surface area is 155 Å². The fourth-order valence-corrected chi connectivity index (χ4v) is 2.68. The molecule has 4 amide bonds. The summed E-state index contributed by atoms with van der Waals surface area (Å²) in [5.74, 6) is -3.47. The van der Waals surface area contributed by atoms with Gasteiger partial charge in [0.2, 0.25) is 5.91 Å². The first-order valence-electron chi connectivity index (χ1n) is 8.26. The Morgan fingerprint density at radius 2 is 2.04 bits per heavy atom. The molecule has 0 saturated carbocycles. The third-order valence-corrected chi connectivity index (χ3v) is 4.83. The standard InChI is InChI=1S/C18H20F2N4O3/c1-10(2)17(3,9-21)22-14(25)8-24-15(26)18(4,23-16(24)27)12-7-11(19)5-6-13(12)20/h5-7,10H,8H2,1-4H3,(H,22,25)(H,23,27)/t17-,18-/m1/s1. The first kappa shape index (κ1) is 20.3. The van der Waals surface area contributed by atoms with E-state index < -0.39 is 47.1 Å². The highest BCUT2D eigenvalue weighted by atomic mass is 19.1. The van der Waals surface area contributed by atoms with E-state index in [1.165, 1.54) is 13.8 Å². The Balaban J connectivity index is 2.25. The van der Waals surface area contributed by atoms with E-state index in [0.717, 1.165) is 18.2 Å². The van der Waals surface area contributed by atoms with E-state index in [0.29, 0.717) is 4.90 Å². The number of imide groups is 1. The van der Waals surface area contributed by atoms with Crippen molar-refractivity contribution in [1.82, 2.24) is 15.5 Å². The van der Waals surface area contributed by atoms with E-state index in [4.69, 9.17) is 0 Å². The zero-order valence-electron chi connectivity index (χ0n) is 15.4. The molecule has 1 fully saturated rings. The Morgan fingerprint density at radius 1 is 1.41 bits per heavy atom. The van der Waals surface area contributed by atoms with Crippen LogP contribution in [0.25, 0.3) is 0 Å². The Kier molecular flexibility index (Phi) is 5.22. The molecule has 9 heteroatoms. The second-order valence-electron chi connectivity index (χ2n) is 7.09. The van der Waals surface area contributed by atoms with Crippen LogP contribution in [-0.4, -0.2) is 34.8 Å². The average molecular weight is 378 g/mol. The van der Waals surface area contributed by atoms with E-state index in [1.807, 2.05) is 6.07 Å². The molecule has 0 aromatic heterocycles. The molecule has 1 aromatic carbocycles. The van der Waals surface area contributed by atoms with Gasteiger partial charge in [-0.25, -0.2) is 13.6 Å². The first-order valence-corrected chi connectivity index (χ1v) is 8.26. The van der Waals surface area contributed by atoms with Crippen LogP contribution in [0.15, 0.2) is 18.2 Å².